The number of thioether (sulfide) groups is 1. The van der Waals surface area contributed by atoms with Gasteiger partial charge in [0.15, 0.2) is 0 Å². The second kappa shape index (κ2) is 6.52. The minimum Gasteiger partial charge on any atom is -0.271 e. The zero-order valence-electron chi connectivity index (χ0n) is 11.9. The third-order valence-electron chi connectivity index (χ3n) is 3.88. The van der Waals surface area contributed by atoms with Crippen LogP contribution in [0.1, 0.15) is 36.6 Å². The molecule has 2 unspecified atom stereocenters. The van der Waals surface area contributed by atoms with Crippen molar-refractivity contribution < 1.29 is 0 Å². The van der Waals surface area contributed by atoms with E-state index in [0.717, 1.165) is 28.9 Å². The number of nitrogens with one attached hydrogen (secondary N) is 1. The first kappa shape index (κ1) is 15.1. The smallest absolute Gasteiger partial charge is 0.0717 e. The molecule has 3 N–H and O–H groups in total. The normalized spacial score (nSPS) is 18.7. The van der Waals surface area contributed by atoms with E-state index < -0.39 is 0 Å². The molecule has 0 saturated heterocycles. The van der Waals surface area contributed by atoms with E-state index >= 15 is 0 Å². The summed E-state index contributed by atoms with van der Waals surface area (Å²) in [6.45, 7) is 3.06. The van der Waals surface area contributed by atoms with Crippen molar-refractivity contribution in [1.29, 1.82) is 0 Å². The number of rotatable bonds is 5. The molecule has 0 radical (unpaired) electrons. The monoisotopic (exact) mass is 366 g/mol. The summed E-state index contributed by atoms with van der Waals surface area (Å²) in [5, 5.41) is 4.47. The first-order valence-electron chi connectivity index (χ1n) is 7.15. The highest BCUT2D eigenvalue weighted by molar-refractivity contribution is 9.10. The first-order valence-corrected chi connectivity index (χ1v) is 8.93. The van der Waals surface area contributed by atoms with Crippen LogP contribution in [0.4, 0.5) is 0 Å². The van der Waals surface area contributed by atoms with Crippen LogP contribution in [-0.4, -0.2) is 15.5 Å². The van der Waals surface area contributed by atoms with Crippen LogP contribution in [0.5, 0.6) is 0 Å². The Kier molecular flexibility index (Phi) is 4.69. The van der Waals surface area contributed by atoms with Crippen LogP contribution in [0.15, 0.2) is 39.8 Å². The van der Waals surface area contributed by atoms with Gasteiger partial charge in [-0.15, -0.1) is 11.8 Å². The Hall–Kier alpha value is -0.820. The summed E-state index contributed by atoms with van der Waals surface area (Å²) in [7, 11) is 0. The van der Waals surface area contributed by atoms with Crippen LogP contribution < -0.4 is 11.3 Å². The van der Waals surface area contributed by atoms with E-state index in [4.69, 9.17) is 5.84 Å². The number of aromatic nitrogens is 2. The lowest BCUT2D eigenvalue weighted by Crippen LogP contribution is -2.34. The molecule has 2 atom stereocenters. The van der Waals surface area contributed by atoms with Crippen molar-refractivity contribution in [2.45, 2.75) is 36.7 Å². The second-order valence-electron chi connectivity index (χ2n) is 5.20. The summed E-state index contributed by atoms with van der Waals surface area (Å²) in [6, 6.07) is 8.65. The minimum atomic E-state index is 0.0598. The molecule has 0 aliphatic carbocycles. The summed E-state index contributed by atoms with van der Waals surface area (Å²) < 4.78 is 3.08. The van der Waals surface area contributed by atoms with Crippen molar-refractivity contribution in [3.05, 3.63) is 46.2 Å². The van der Waals surface area contributed by atoms with E-state index in [1.807, 2.05) is 18.0 Å². The molecule has 6 heteroatoms. The van der Waals surface area contributed by atoms with Gasteiger partial charge in [0.1, 0.15) is 0 Å². The van der Waals surface area contributed by atoms with Gasteiger partial charge in [0.2, 0.25) is 0 Å². The molecule has 0 amide bonds. The Morgan fingerprint density at radius 2 is 2.33 bits per heavy atom. The van der Waals surface area contributed by atoms with Gasteiger partial charge in [-0.25, -0.2) is 0 Å². The highest BCUT2D eigenvalue weighted by Gasteiger charge is 2.33. The number of halogens is 1. The molecule has 1 aromatic carbocycles. The SMILES string of the molecule is CCCn1ncc(Br)c1C(NN)C1CSc2ccccc21. The van der Waals surface area contributed by atoms with Gasteiger partial charge in [0, 0.05) is 23.1 Å². The van der Waals surface area contributed by atoms with Crippen LogP contribution in [0.2, 0.25) is 0 Å². The minimum absolute atomic E-state index is 0.0598. The highest BCUT2D eigenvalue weighted by Crippen LogP contribution is 2.46. The molecule has 1 aliphatic heterocycles. The van der Waals surface area contributed by atoms with Crippen molar-refractivity contribution in [3.8, 4) is 0 Å². The van der Waals surface area contributed by atoms with Crippen LogP contribution in [0, 0.1) is 0 Å². The van der Waals surface area contributed by atoms with Crippen molar-refractivity contribution in [2.24, 2.45) is 5.84 Å². The number of hydrazine groups is 1. The average Bonchev–Trinajstić information content (AvgIpc) is 3.07. The molecule has 2 aromatic rings. The van der Waals surface area contributed by atoms with Crippen LogP contribution in [0.25, 0.3) is 0 Å². The maximum atomic E-state index is 5.91. The van der Waals surface area contributed by atoms with Gasteiger partial charge in [0.05, 0.1) is 22.4 Å². The molecule has 4 nitrogen and oxygen atoms in total. The molecule has 112 valence electrons. The number of nitrogens with two attached hydrogens (primary N) is 1. The van der Waals surface area contributed by atoms with Crippen molar-refractivity contribution >= 4 is 27.7 Å². The lowest BCUT2D eigenvalue weighted by molar-refractivity contribution is 0.434. The van der Waals surface area contributed by atoms with Crippen molar-refractivity contribution in [3.63, 3.8) is 0 Å². The molecule has 1 aliphatic rings. The largest absolute Gasteiger partial charge is 0.271 e. The molecule has 1 aromatic heterocycles. The Balaban J connectivity index is 1.99. The molecule has 21 heavy (non-hydrogen) atoms. The number of nitrogens with zero attached hydrogens (tertiary/aromatic N) is 2. The molecule has 0 spiro atoms. The maximum absolute atomic E-state index is 5.91. The lowest BCUT2D eigenvalue weighted by atomic mass is 9.91. The summed E-state index contributed by atoms with van der Waals surface area (Å²) in [4.78, 5) is 1.36. The number of hydrogen-bond donors (Lipinski definition) is 2. The van der Waals surface area contributed by atoms with Gasteiger partial charge < -0.3 is 0 Å². The maximum Gasteiger partial charge on any atom is 0.0717 e. The molecule has 2 heterocycles. The number of aryl methyl sites for hydroxylation is 1. The predicted molar refractivity (Wildman–Crippen MR) is 90.2 cm³/mol. The van der Waals surface area contributed by atoms with E-state index in [1.54, 1.807) is 0 Å². The molecular weight excluding hydrogens is 348 g/mol. The van der Waals surface area contributed by atoms with Crippen LogP contribution in [0.3, 0.4) is 0 Å². The number of benzene rings is 1. The van der Waals surface area contributed by atoms with E-state index in [0.29, 0.717) is 5.92 Å². The summed E-state index contributed by atoms with van der Waals surface area (Å²) in [6.07, 6.45) is 2.91. The number of hydrogen-bond acceptors (Lipinski definition) is 4. The van der Waals surface area contributed by atoms with E-state index in [-0.39, 0.29) is 6.04 Å². The predicted octanol–water partition coefficient (Wildman–Crippen LogP) is 3.45. The summed E-state index contributed by atoms with van der Waals surface area (Å²) in [5.41, 5.74) is 5.54. The highest BCUT2D eigenvalue weighted by atomic mass is 79.9. The van der Waals surface area contributed by atoms with Gasteiger partial charge in [0.25, 0.3) is 0 Å². The third-order valence-corrected chi connectivity index (χ3v) is 5.70. The quantitative estimate of drug-likeness (QED) is 0.628. The van der Waals surface area contributed by atoms with Gasteiger partial charge in [-0.05, 0) is 34.0 Å². The fraction of sp³-hybridized carbons (Fsp3) is 0.400. The Morgan fingerprint density at radius 1 is 1.52 bits per heavy atom. The average molecular weight is 367 g/mol. The Bertz CT molecular complexity index is 628. The van der Waals surface area contributed by atoms with Gasteiger partial charge in [-0.1, -0.05) is 25.1 Å². The van der Waals surface area contributed by atoms with E-state index in [1.165, 1.54) is 10.5 Å². The van der Waals surface area contributed by atoms with Gasteiger partial charge in [-0.2, -0.15) is 5.10 Å². The molecule has 3 rings (SSSR count). The van der Waals surface area contributed by atoms with Crippen LogP contribution >= 0.6 is 27.7 Å². The molecule has 0 bridgehead atoms. The second-order valence-corrected chi connectivity index (χ2v) is 7.12. The molecule has 0 saturated carbocycles. The lowest BCUT2D eigenvalue weighted by Gasteiger charge is -2.24. The summed E-state index contributed by atoms with van der Waals surface area (Å²) in [5.74, 6) is 7.31. The standard InChI is InChI=1S/C15H19BrN4S/c1-2-7-20-15(12(16)8-18-20)14(19-17)11-9-21-13-6-4-3-5-10(11)13/h3-6,8,11,14,19H,2,7,9,17H2,1H3. The zero-order valence-corrected chi connectivity index (χ0v) is 14.3. The first-order chi connectivity index (χ1) is 10.3. The fourth-order valence-electron chi connectivity index (χ4n) is 2.92. The van der Waals surface area contributed by atoms with Gasteiger partial charge >= 0.3 is 0 Å². The fourth-order valence-corrected chi connectivity index (χ4v) is 4.76. The van der Waals surface area contributed by atoms with Crippen LogP contribution in [-0.2, 0) is 6.54 Å². The van der Waals surface area contributed by atoms with E-state index in [2.05, 4.69) is 62.3 Å². The summed E-state index contributed by atoms with van der Waals surface area (Å²) >= 11 is 5.53. The molecule has 0 fully saturated rings. The van der Waals surface area contributed by atoms with Gasteiger partial charge in [-0.3, -0.25) is 16.0 Å². The topological polar surface area (TPSA) is 55.9 Å². The third kappa shape index (κ3) is 2.77. The van der Waals surface area contributed by atoms with E-state index in [9.17, 15) is 0 Å². The van der Waals surface area contributed by atoms with Crippen molar-refractivity contribution in [2.75, 3.05) is 5.75 Å². The zero-order chi connectivity index (χ0) is 14.8. The Labute approximate surface area is 137 Å². The molecular formula is C15H19BrN4S. The Morgan fingerprint density at radius 3 is 3.10 bits per heavy atom. The number of fused-ring (bicyclic) bond motifs is 1. The van der Waals surface area contributed by atoms with Crippen molar-refractivity contribution in [1.82, 2.24) is 15.2 Å².